The van der Waals surface area contributed by atoms with Crippen LogP contribution in [0.1, 0.15) is 28.6 Å². The number of aryl methyl sites for hydroxylation is 2. The van der Waals surface area contributed by atoms with E-state index in [0.29, 0.717) is 41.4 Å². The molecule has 3 rings (SSSR count). The van der Waals surface area contributed by atoms with Crippen LogP contribution < -0.4 is 4.74 Å². The Bertz CT molecular complexity index is 1020. The van der Waals surface area contributed by atoms with Crippen LogP contribution in [0.4, 0.5) is 0 Å². The van der Waals surface area contributed by atoms with Crippen molar-refractivity contribution in [1.82, 2.24) is 19.6 Å². The van der Waals surface area contributed by atoms with Crippen LogP contribution >= 0.6 is 0 Å². The first-order chi connectivity index (χ1) is 14.2. The van der Waals surface area contributed by atoms with Crippen LogP contribution in [0.2, 0.25) is 0 Å². The summed E-state index contributed by atoms with van der Waals surface area (Å²) in [5.41, 5.74) is 2.48. The van der Waals surface area contributed by atoms with Crippen LogP contribution in [-0.4, -0.2) is 70.7 Å². The van der Waals surface area contributed by atoms with Crippen molar-refractivity contribution < 1.29 is 19.4 Å². The first kappa shape index (κ1) is 21.6. The van der Waals surface area contributed by atoms with E-state index in [9.17, 15) is 14.7 Å². The number of Topliss-reactive ketones (excluding diaryl/α,β-unsaturated/α-hetero) is 1. The lowest BCUT2D eigenvalue weighted by Gasteiger charge is -2.27. The fourth-order valence-electron chi connectivity index (χ4n) is 3.89. The van der Waals surface area contributed by atoms with Crippen molar-refractivity contribution in [3.05, 3.63) is 52.4 Å². The zero-order chi connectivity index (χ0) is 22.2. The number of hydrogen-bond acceptors (Lipinski definition) is 6. The minimum Gasteiger partial charge on any atom is -0.507 e. The summed E-state index contributed by atoms with van der Waals surface area (Å²) in [6.07, 6.45) is 0. The van der Waals surface area contributed by atoms with E-state index >= 15 is 0 Å². The molecule has 0 radical (unpaired) electrons. The lowest BCUT2D eigenvalue weighted by atomic mass is 9.94. The van der Waals surface area contributed by atoms with Crippen molar-refractivity contribution in [2.45, 2.75) is 19.9 Å². The molecule has 8 nitrogen and oxygen atoms in total. The van der Waals surface area contributed by atoms with Crippen molar-refractivity contribution >= 4 is 17.4 Å². The molecule has 160 valence electrons. The molecular formula is C22H28N4O4. The molecule has 2 heterocycles. The Morgan fingerprint density at radius 3 is 2.47 bits per heavy atom. The van der Waals surface area contributed by atoms with Crippen LogP contribution in [0, 0.1) is 13.8 Å². The average Bonchev–Trinajstić information content (AvgIpc) is 3.11. The molecule has 1 N–H and O–H groups in total. The maximum atomic E-state index is 13.1. The number of likely N-dealkylation sites (tertiary alicyclic amines) is 1. The first-order valence-electron chi connectivity index (χ1n) is 9.75. The van der Waals surface area contributed by atoms with Crippen LogP contribution in [-0.2, 0) is 16.6 Å². The third kappa shape index (κ3) is 3.59. The number of hydrogen-bond donors (Lipinski definition) is 1. The fourth-order valence-corrected chi connectivity index (χ4v) is 3.89. The number of ketones is 1. The third-order valence-corrected chi connectivity index (χ3v) is 5.51. The van der Waals surface area contributed by atoms with E-state index in [-0.39, 0.29) is 11.3 Å². The smallest absolute Gasteiger partial charge is 0.295 e. The van der Waals surface area contributed by atoms with Crippen LogP contribution in [0.15, 0.2) is 29.8 Å². The maximum Gasteiger partial charge on any atom is 0.295 e. The second kappa shape index (κ2) is 8.31. The van der Waals surface area contributed by atoms with E-state index < -0.39 is 17.7 Å². The molecule has 0 spiro atoms. The summed E-state index contributed by atoms with van der Waals surface area (Å²) < 4.78 is 7.15. The minimum absolute atomic E-state index is 0.0578. The topological polar surface area (TPSA) is 87.9 Å². The van der Waals surface area contributed by atoms with Crippen LogP contribution in [0.25, 0.3) is 5.76 Å². The summed E-state index contributed by atoms with van der Waals surface area (Å²) in [7, 11) is 7.11. The van der Waals surface area contributed by atoms with Crippen LogP contribution in [0.3, 0.4) is 0 Å². The predicted octanol–water partition coefficient (Wildman–Crippen LogP) is 2.03. The minimum atomic E-state index is -0.750. The molecule has 1 amide bonds. The van der Waals surface area contributed by atoms with E-state index in [0.717, 1.165) is 0 Å². The van der Waals surface area contributed by atoms with Crippen LogP contribution in [0.5, 0.6) is 5.75 Å². The van der Waals surface area contributed by atoms with Gasteiger partial charge in [-0.3, -0.25) is 14.3 Å². The molecule has 1 atom stereocenters. The number of methoxy groups -OCH3 is 1. The monoisotopic (exact) mass is 412 g/mol. The Morgan fingerprint density at radius 2 is 1.90 bits per heavy atom. The van der Waals surface area contributed by atoms with Gasteiger partial charge < -0.3 is 19.6 Å². The Morgan fingerprint density at radius 1 is 1.23 bits per heavy atom. The van der Waals surface area contributed by atoms with E-state index in [1.54, 1.807) is 31.8 Å². The van der Waals surface area contributed by atoms with Gasteiger partial charge in [0, 0.05) is 31.4 Å². The number of aliphatic hydroxyl groups is 1. The van der Waals surface area contributed by atoms with Gasteiger partial charge >= 0.3 is 0 Å². The summed E-state index contributed by atoms with van der Waals surface area (Å²) in [5.74, 6) is -0.997. The number of benzene rings is 1. The normalized spacial score (nSPS) is 18.5. The van der Waals surface area contributed by atoms with Gasteiger partial charge in [0.05, 0.1) is 30.0 Å². The Balaban J connectivity index is 2.25. The third-order valence-electron chi connectivity index (χ3n) is 5.51. The Hall–Kier alpha value is -3.13. The summed E-state index contributed by atoms with van der Waals surface area (Å²) in [6.45, 7) is 4.49. The van der Waals surface area contributed by atoms with Gasteiger partial charge in [-0.05, 0) is 34.0 Å². The zero-order valence-corrected chi connectivity index (χ0v) is 18.3. The molecule has 0 bridgehead atoms. The van der Waals surface area contributed by atoms with E-state index in [4.69, 9.17) is 4.74 Å². The molecule has 1 aliphatic heterocycles. The van der Waals surface area contributed by atoms with Crippen molar-refractivity contribution in [3.8, 4) is 5.75 Å². The molecule has 8 heteroatoms. The number of ether oxygens (including phenoxy) is 1. The molecule has 2 aromatic rings. The van der Waals surface area contributed by atoms with Gasteiger partial charge in [0.15, 0.2) is 0 Å². The number of carbonyl (C=O) groups is 2. The molecule has 1 saturated heterocycles. The molecule has 1 aromatic heterocycles. The Labute approximate surface area is 176 Å². The van der Waals surface area contributed by atoms with E-state index in [1.807, 2.05) is 44.1 Å². The standard InChI is InChI=1S/C22H28N4O4/c1-13-17(14(2)25(5)23-13)20(27)18-19(15-9-7-8-10-16(15)30-6)26(12-11-24(3)4)22(29)21(18)28/h7-10,19,27H,11-12H2,1-6H3. The van der Waals surface area contributed by atoms with Gasteiger partial charge in [-0.25, -0.2) is 0 Å². The molecule has 1 aliphatic rings. The number of carbonyl (C=O) groups excluding carboxylic acids is 2. The number of likely N-dealkylation sites (N-methyl/N-ethyl adjacent to an activating group) is 1. The SMILES string of the molecule is COc1ccccc1C1C(=C(O)c2c(C)nn(C)c2C)C(=O)C(=O)N1CCN(C)C. The van der Waals surface area contributed by atoms with E-state index in [1.165, 1.54) is 4.90 Å². The number of aromatic nitrogens is 2. The molecule has 1 unspecified atom stereocenters. The first-order valence-corrected chi connectivity index (χ1v) is 9.75. The summed E-state index contributed by atoms with van der Waals surface area (Å²) in [5, 5.41) is 15.6. The highest BCUT2D eigenvalue weighted by atomic mass is 16.5. The molecule has 0 saturated carbocycles. The van der Waals surface area contributed by atoms with Crippen molar-refractivity contribution in [2.75, 3.05) is 34.3 Å². The highest BCUT2D eigenvalue weighted by Gasteiger charge is 2.47. The number of para-hydroxylation sites is 1. The summed E-state index contributed by atoms with van der Waals surface area (Å²) in [6, 6.07) is 6.49. The largest absolute Gasteiger partial charge is 0.507 e. The second-order valence-corrected chi connectivity index (χ2v) is 7.71. The quantitative estimate of drug-likeness (QED) is 0.444. The number of nitrogens with zero attached hydrogens (tertiary/aromatic N) is 4. The summed E-state index contributed by atoms with van der Waals surface area (Å²) in [4.78, 5) is 29.5. The fraction of sp³-hybridized carbons (Fsp3) is 0.409. The zero-order valence-electron chi connectivity index (χ0n) is 18.3. The Kier molecular flexibility index (Phi) is 5.98. The maximum absolute atomic E-state index is 13.1. The number of aliphatic hydroxyl groups excluding tert-OH is 1. The van der Waals surface area contributed by atoms with Gasteiger partial charge in [-0.2, -0.15) is 5.10 Å². The van der Waals surface area contributed by atoms with Gasteiger partial charge in [-0.15, -0.1) is 0 Å². The van der Waals surface area contributed by atoms with Gasteiger partial charge in [-0.1, -0.05) is 18.2 Å². The average molecular weight is 412 g/mol. The lowest BCUT2D eigenvalue weighted by Crippen LogP contribution is -2.35. The molecule has 1 fully saturated rings. The molecule has 30 heavy (non-hydrogen) atoms. The molecule has 1 aromatic carbocycles. The lowest BCUT2D eigenvalue weighted by molar-refractivity contribution is -0.140. The highest BCUT2D eigenvalue weighted by Crippen LogP contribution is 2.43. The van der Waals surface area contributed by atoms with E-state index in [2.05, 4.69) is 5.10 Å². The summed E-state index contributed by atoms with van der Waals surface area (Å²) >= 11 is 0. The number of amides is 1. The van der Waals surface area contributed by atoms with Crippen molar-refractivity contribution in [3.63, 3.8) is 0 Å². The van der Waals surface area contributed by atoms with Gasteiger partial charge in [0.25, 0.3) is 11.7 Å². The highest BCUT2D eigenvalue weighted by molar-refractivity contribution is 6.46. The van der Waals surface area contributed by atoms with Gasteiger partial charge in [0.1, 0.15) is 11.5 Å². The molecule has 0 aliphatic carbocycles. The van der Waals surface area contributed by atoms with Gasteiger partial charge in [0.2, 0.25) is 0 Å². The second-order valence-electron chi connectivity index (χ2n) is 7.71. The predicted molar refractivity (Wildman–Crippen MR) is 113 cm³/mol. The van der Waals surface area contributed by atoms with Crippen molar-refractivity contribution in [2.24, 2.45) is 7.05 Å². The number of rotatable bonds is 6. The molecular weight excluding hydrogens is 384 g/mol. The van der Waals surface area contributed by atoms with Crippen molar-refractivity contribution in [1.29, 1.82) is 0 Å².